The van der Waals surface area contributed by atoms with Crippen molar-refractivity contribution in [2.24, 2.45) is 5.10 Å². The van der Waals surface area contributed by atoms with Crippen LogP contribution in [0, 0.1) is 0 Å². The smallest absolute Gasteiger partial charge is 0.416 e. The van der Waals surface area contributed by atoms with Gasteiger partial charge in [-0.25, -0.2) is 0 Å². The van der Waals surface area contributed by atoms with Crippen LogP contribution in [0.4, 0.5) is 13.2 Å². The molecule has 0 aliphatic heterocycles. The molecule has 3 aromatic rings. The lowest BCUT2D eigenvalue weighted by Crippen LogP contribution is -2.36. The third kappa shape index (κ3) is 4.00. The first-order valence-corrected chi connectivity index (χ1v) is 7.30. The Hall–Kier alpha value is -3.22. The van der Waals surface area contributed by atoms with E-state index in [1.54, 1.807) is 36.4 Å². The Morgan fingerprint density at radius 3 is 2.36 bits per heavy atom. The molecule has 0 saturated heterocycles. The number of nitrogens with zero attached hydrogens (tertiary/aromatic N) is 3. The summed E-state index contributed by atoms with van der Waals surface area (Å²) in [4.78, 5) is 1.15. The highest BCUT2D eigenvalue weighted by Gasteiger charge is 2.29. The van der Waals surface area contributed by atoms with E-state index in [1.165, 1.54) is 24.5 Å². The SMILES string of the molecule is [O-]/C(=N\[n+]1ccccn1)c1cccc(-c2ccc(C(F)(F)F)cc2)c1. The predicted molar refractivity (Wildman–Crippen MR) is 83.2 cm³/mol. The molecule has 0 saturated carbocycles. The van der Waals surface area contributed by atoms with Crippen molar-refractivity contribution >= 4 is 5.90 Å². The van der Waals surface area contributed by atoms with Crippen molar-refractivity contribution in [3.8, 4) is 11.1 Å². The van der Waals surface area contributed by atoms with Gasteiger partial charge in [-0.3, -0.25) is 0 Å². The second kappa shape index (κ2) is 6.72. The molecule has 3 rings (SSSR count). The number of hydrogen-bond acceptors (Lipinski definition) is 3. The highest BCUT2D eigenvalue weighted by Crippen LogP contribution is 2.31. The molecule has 0 amide bonds. The van der Waals surface area contributed by atoms with E-state index in [1.807, 2.05) is 0 Å². The van der Waals surface area contributed by atoms with Crippen LogP contribution in [0.3, 0.4) is 0 Å². The van der Waals surface area contributed by atoms with Gasteiger partial charge in [0.05, 0.1) is 22.4 Å². The van der Waals surface area contributed by atoms with Crippen molar-refractivity contribution in [1.29, 1.82) is 0 Å². The van der Waals surface area contributed by atoms with Crippen molar-refractivity contribution < 1.29 is 23.1 Å². The fourth-order valence-electron chi connectivity index (χ4n) is 2.22. The number of alkyl halides is 3. The van der Waals surface area contributed by atoms with Crippen LogP contribution in [0.5, 0.6) is 0 Å². The maximum absolute atomic E-state index is 12.6. The van der Waals surface area contributed by atoms with Crippen LogP contribution in [0.2, 0.25) is 0 Å². The summed E-state index contributed by atoms with van der Waals surface area (Å²) in [5.41, 5.74) is 0.800. The molecule has 4 nitrogen and oxygen atoms in total. The minimum absolute atomic E-state index is 0.315. The normalized spacial score (nSPS) is 12.2. The molecule has 0 aliphatic rings. The number of hydrogen-bond donors (Lipinski definition) is 0. The molecule has 0 atom stereocenters. The monoisotopic (exact) mass is 343 g/mol. The van der Waals surface area contributed by atoms with Gasteiger partial charge in [0.1, 0.15) is 0 Å². The lowest BCUT2D eigenvalue weighted by Gasteiger charge is -2.10. The zero-order chi connectivity index (χ0) is 17.9. The van der Waals surface area contributed by atoms with Gasteiger partial charge in [0.15, 0.2) is 0 Å². The molecule has 0 unspecified atom stereocenters. The second-order valence-electron chi connectivity index (χ2n) is 5.18. The summed E-state index contributed by atoms with van der Waals surface area (Å²) in [6.45, 7) is 0. The highest BCUT2D eigenvalue weighted by molar-refractivity contribution is 5.91. The van der Waals surface area contributed by atoms with E-state index in [0.717, 1.165) is 16.9 Å². The van der Waals surface area contributed by atoms with Gasteiger partial charge in [-0.05, 0) is 41.0 Å². The Morgan fingerprint density at radius 1 is 0.960 bits per heavy atom. The molecule has 126 valence electrons. The van der Waals surface area contributed by atoms with Crippen LogP contribution in [-0.2, 0) is 6.18 Å². The van der Waals surface area contributed by atoms with Crippen LogP contribution in [0.25, 0.3) is 11.1 Å². The van der Waals surface area contributed by atoms with E-state index >= 15 is 0 Å². The molecular weight excluding hydrogens is 331 g/mol. The average Bonchev–Trinajstić information content (AvgIpc) is 2.62. The molecular formula is C18H12F3N3O. The van der Waals surface area contributed by atoms with E-state index < -0.39 is 17.6 Å². The van der Waals surface area contributed by atoms with Crippen LogP contribution in [-0.4, -0.2) is 11.0 Å². The second-order valence-corrected chi connectivity index (χ2v) is 5.18. The van der Waals surface area contributed by atoms with Gasteiger partial charge in [-0.2, -0.15) is 13.2 Å². The van der Waals surface area contributed by atoms with E-state index in [-0.39, 0.29) is 0 Å². The number of benzene rings is 2. The lowest BCUT2D eigenvalue weighted by atomic mass is 10.0. The van der Waals surface area contributed by atoms with Crippen LogP contribution >= 0.6 is 0 Å². The highest BCUT2D eigenvalue weighted by atomic mass is 19.4. The standard InChI is InChI=1S/C18H12F3N3O/c19-18(20,21)16-8-6-13(7-9-16)14-4-3-5-15(12-14)17(25)23-24-11-2-1-10-22-24/h1-12H. The summed E-state index contributed by atoms with van der Waals surface area (Å²) in [5.74, 6) is -0.502. The Morgan fingerprint density at radius 2 is 1.72 bits per heavy atom. The molecule has 0 aliphatic carbocycles. The van der Waals surface area contributed by atoms with E-state index in [2.05, 4.69) is 10.2 Å². The Bertz CT molecular complexity index is 891. The van der Waals surface area contributed by atoms with Gasteiger partial charge in [-0.15, -0.1) is 0 Å². The van der Waals surface area contributed by atoms with Crippen molar-refractivity contribution in [3.05, 3.63) is 84.2 Å². The third-order valence-corrected chi connectivity index (χ3v) is 3.45. The zero-order valence-electron chi connectivity index (χ0n) is 12.8. The molecule has 2 aromatic carbocycles. The summed E-state index contributed by atoms with van der Waals surface area (Å²) in [7, 11) is 0. The molecule has 0 bridgehead atoms. The fourth-order valence-corrected chi connectivity index (χ4v) is 2.22. The van der Waals surface area contributed by atoms with Crippen molar-refractivity contribution in [3.63, 3.8) is 0 Å². The molecule has 25 heavy (non-hydrogen) atoms. The minimum atomic E-state index is -4.38. The van der Waals surface area contributed by atoms with Gasteiger partial charge in [0, 0.05) is 16.3 Å². The van der Waals surface area contributed by atoms with Gasteiger partial charge < -0.3 is 5.11 Å². The third-order valence-electron chi connectivity index (χ3n) is 3.45. The average molecular weight is 343 g/mol. The van der Waals surface area contributed by atoms with Crippen molar-refractivity contribution in [2.45, 2.75) is 6.18 Å². The maximum atomic E-state index is 12.6. The van der Waals surface area contributed by atoms with E-state index in [9.17, 15) is 18.3 Å². The number of rotatable bonds is 3. The van der Waals surface area contributed by atoms with Crippen LogP contribution < -0.4 is 9.90 Å². The van der Waals surface area contributed by atoms with Gasteiger partial charge >= 0.3 is 6.18 Å². The fraction of sp³-hybridized carbons (Fsp3) is 0.0556. The van der Waals surface area contributed by atoms with Crippen LogP contribution in [0.15, 0.2) is 78.2 Å². The molecule has 0 spiro atoms. The lowest BCUT2D eigenvalue weighted by molar-refractivity contribution is -0.739. The van der Waals surface area contributed by atoms with Crippen molar-refractivity contribution in [2.75, 3.05) is 0 Å². The topological polar surface area (TPSA) is 52.2 Å². The Balaban J connectivity index is 1.90. The molecule has 1 heterocycles. The van der Waals surface area contributed by atoms with Crippen molar-refractivity contribution in [1.82, 2.24) is 5.10 Å². The molecule has 7 heteroatoms. The molecule has 1 aromatic heterocycles. The molecule has 0 radical (unpaired) electrons. The maximum Gasteiger partial charge on any atom is 0.416 e. The van der Waals surface area contributed by atoms with Gasteiger partial charge in [0.25, 0.3) is 0 Å². The van der Waals surface area contributed by atoms with E-state index in [4.69, 9.17) is 0 Å². The quantitative estimate of drug-likeness (QED) is 0.417. The summed E-state index contributed by atoms with van der Waals surface area (Å²) < 4.78 is 37.9. The largest absolute Gasteiger partial charge is 0.854 e. The summed E-state index contributed by atoms with van der Waals surface area (Å²) >= 11 is 0. The Kier molecular flexibility index (Phi) is 4.47. The van der Waals surface area contributed by atoms with Gasteiger partial charge in [0.2, 0.25) is 6.20 Å². The van der Waals surface area contributed by atoms with Gasteiger partial charge in [-0.1, -0.05) is 30.3 Å². The number of halogens is 3. The van der Waals surface area contributed by atoms with Crippen LogP contribution in [0.1, 0.15) is 11.1 Å². The molecule has 0 fully saturated rings. The first-order chi connectivity index (χ1) is 11.9. The van der Waals surface area contributed by atoms with E-state index in [0.29, 0.717) is 16.7 Å². The first-order valence-electron chi connectivity index (χ1n) is 7.30. The minimum Gasteiger partial charge on any atom is -0.854 e. The zero-order valence-corrected chi connectivity index (χ0v) is 12.8. The Labute approximate surface area is 141 Å². The summed E-state index contributed by atoms with van der Waals surface area (Å²) in [6, 6.07) is 14.7. The molecule has 0 N–H and O–H groups in total. The number of aromatic nitrogens is 2. The predicted octanol–water partition coefficient (Wildman–Crippen LogP) is 2.63. The summed E-state index contributed by atoms with van der Waals surface area (Å²) in [6.07, 6.45) is -1.36. The summed E-state index contributed by atoms with van der Waals surface area (Å²) in [5, 5.41) is 19.9. The first kappa shape index (κ1) is 16.6.